The fourth-order valence-corrected chi connectivity index (χ4v) is 5.45. The minimum Gasteiger partial charge on any atom is -0.319 e. The molecule has 1 aliphatic carbocycles. The number of hydrogen-bond acceptors (Lipinski definition) is 4. The maximum absolute atomic E-state index is 12.7. The first kappa shape index (κ1) is 15.3. The number of rotatable bonds is 4. The minimum atomic E-state index is -1.89. The Morgan fingerprint density at radius 3 is 2.37 bits per heavy atom. The van der Waals surface area contributed by atoms with E-state index in [9.17, 15) is 4.21 Å². The summed E-state index contributed by atoms with van der Waals surface area (Å²) in [6, 6.07) is 0.369. The summed E-state index contributed by atoms with van der Waals surface area (Å²) in [5.41, 5.74) is 0. The molecule has 19 heavy (non-hydrogen) atoms. The second-order valence-corrected chi connectivity index (χ2v) is 8.53. The highest BCUT2D eigenvalue weighted by Gasteiger charge is 2.24. The van der Waals surface area contributed by atoms with Gasteiger partial charge >= 0.3 is 0 Å². The summed E-state index contributed by atoms with van der Waals surface area (Å²) in [5.74, 6) is 2.38. The molecule has 0 atom stereocenters. The SMILES string of the molecule is CCN1CCS(=O)(=NC2CCC(CNC)CC2)CC1. The topological polar surface area (TPSA) is 44.7 Å². The summed E-state index contributed by atoms with van der Waals surface area (Å²) >= 11 is 0. The van der Waals surface area contributed by atoms with Crippen LogP contribution in [0.25, 0.3) is 0 Å². The summed E-state index contributed by atoms with van der Waals surface area (Å²) in [6.07, 6.45) is 4.76. The quantitative estimate of drug-likeness (QED) is 0.853. The average molecular weight is 287 g/mol. The predicted octanol–water partition coefficient (Wildman–Crippen LogP) is 1.57. The molecule has 4 nitrogen and oxygen atoms in total. The van der Waals surface area contributed by atoms with Gasteiger partial charge in [-0.15, -0.1) is 0 Å². The van der Waals surface area contributed by atoms with Crippen LogP contribution in [0.1, 0.15) is 32.6 Å². The van der Waals surface area contributed by atoms with Crippen LogP contribution in [0.4, 0.5) is 0 Å². The van der Waals surface area contributed by atoms with Crippen molar-refractivity contribution in [3.05, 3.63) is 0 Å². The zero-order chi connectivity index (χ0) is 13.7. The molecule has 5 heteroatoms. The molecule has 0 spiro atoms. The summed E-state index contributed by atoms with van der Waals surface area (Å²) in [5, 5.41) is 3.26. The molecule has 2 rings (SSSR count). The summed E-state index contributed by atoms with van der Waals surface area (Å²) in [6.45, 7) is 6.30. The molecule has 1 aliphatic heterocycles. The smallest absolute Gasteiger partial charge is 0.0594 e. The zero-order valence-electron chi connectivity index (χ0n) is 12.4. The van der Waals surface area contributed by atoms with E-state index < -0.39 is 9.73 Å². The van der Waals surface area contributed by atoms with Gasteiger partial charge in [-0.2, -0.15) is 0 Å². The van der Waals surface area contributed by atoms with Gasteiger partial charge in [0.1, 0.15) is 0 Å². The Morgan fingerprint density at radius 2 is 1.84 bits per heavy atom. The first-order valence-corrected chi connectivity index (χ1v) is 9.59. The zero-order valence-corrected chi connectivity index (χ0v) is 13.3. The highest BCUT2D eigenvalue weighted by molar-refractivity contribution is 7.93. The summed E-state index contributed by atoms with van der Waals surface area (Å²) in [7, 11) is 0.128. The van der Waals surface area contributed by atoms with Gasteiger partial charge in [0.25, 0.3) is 0 Å². The third kappa shape index (κ3) is 4.43. The van der Waals surface area contributed by atoms with Crippen molar-refractivity contribution < 1.29 is 4.21 Å². The molecule has 2 fully saturated rings. The Bertz CT molecular complexity index is 368. The molecule has 1 N–H and O–H groups in total. The molecule has 2 aliphatic rings. The van der Waals surface area contributed by atoms with E-state index in [1.807, 2.05) is 7.05 Å². The molecule has 0 amide bonds. The fourth-order valence-electron chi connectivity index (χ4n) is 3.19. The maximum atomic E-state index is 12.7. The lowest BCUT2D eigenvalue weighted by Gasteiger charge is -2.30. The number of nitrogens with zero attached hydrogens (tertiary/aromatic N) is 2. The van der Waals surface area contributed by atoms with Gasteiger partial charge in [-0.05, 0) is 51.7 Å². The average Bonchev–Trinajstić information content (AvgIpc) is 2.42. The van der Waals surface area contributed by atoms with Crippen LogP contribution in [-0.4, -0.2) is 59.9 Å². The van der Waals surface area contributed by atoms with Crippen LogP contribution < -0.4 is 5.32 Å². The van der Waals surface area contributed by atoms with Crippen LogP contribution in [0.5, 0.6) is 0 Å². The molecule has 112 valence electrons. The van der Waals surface area contributed by atoms with E-state index >= 15 is 0 Å². The molecule has 1 saturated carbocycles. The third-order valence-electron chi connectivity index (χ3n) is 4.55. The van der Waals surface area contributed by atoms with Gasteiger partial charge in [0.2, 0.25) is 0 Å². The monoisotopic (exact) mass is 287 g/mol. The maximum Gasteiger partial charge on any atom is 0.0594 e. The Morgan fingerprint density at radius 1 is 1.21 bits per heavy atom. The molecule has 0 aromatic carbocycles. The van der Waals surface area contributed by atoms with E-state index in [4.69, 9.17) is 4.36 Å². The minimum absolute atomic E-state index is 0.369. The van der Waals surface area contributed by atoms with Crippen LogP contribution in [0.2, 0.25) is 0 Å². The van der Waals surface area contributed by atoms with Crippen molar-refractivity contribution in [3.63, 3.8) is 0 Å². The van der Waals surface area contributed by atoms with Gasteiger partial charge in [0.15, 0.2) is 0 Å². The Kier molecular flexibility index (Phi) is 5.66. The van der Waals surface area contributed by atoms with Gasteiger partial charge in [0, 0.05) is 34.3 Å². The number of hydrogen-bond donors (Lipinski definition) is 1. The fraction of sp³-hybridized carbons (Fsp3) is 1.00. The Hall–Kier alpha value is -0.130. The van der Waals surface area contributed by atoms with Crippen LogP contribution in [0.3, 0.4) is 0 Å². The van der Waals surface area contributed by atoms with Gasteiger partial charge < -0.3 is 10.2 Å². The van der Waals surface area contributed by atoms with E-state index in [0.717, 1.165) is 56.4 Å². The lowest BCUT2D eigenvalue weighted by atomic mass is 9.86. The predicted molar refractivity (Wildman–Crippen MR) is 82.1 cm³/mol. The lowest BCUT2D eigenvalue weighted by molar-refractivity contribution is 0.311. The van der Waals surface area contributed by atoms with E-state index in [1.165, 1.54) is 12.8 Å². The molecule has 0 aromatic rings. The lowest BCUT2D eigenvalue weighted by Crippen LogP contribution is -2.40. The molecule has 0 aromatic heterocycles. The first-order valence-electron chi connectivity index (χ1n) is 7.74. The van der Waals surface area contributed by atoms with Crippen molar-refractivity contribution in [2.45, 2.75) is 38.6 Å². The van der Waals surface area contributed by atoms with Crippen molar-refractivity contribution in [2.75, 3.05) is 44.7 Å². The van der Waals surface area contributed by atoms with Gasteiger partial charge in [0.05, 0.1) is 6.04 Å². The normalized spacial score (nSPS) is 32.1. The first-order chi connectivity index (χ1) is 9.15. The van der Waals surface area contributed by atoms with E-state index in [2.05, 4.69) is 17.1 Å². The summed E-state index contributed by atoms with van der Waals surface area (Å²) < 4.78 is 17.5. The van der Waals surface area contributed by atoms with E-state index in [-0.39, 0.29) is 0 Å². The largest absolute Gasteiger partial charge is 0.319 e. The van der Waals surface area contributed by atoms with E-state index in [1.54, 1.807) is 0 Å². The standard InChI is InChI=1S/C14H29N3OS/c1-3-17-8-10-19(18,11-9-17)16-14-6-4-13(5-7-14)12-15-2/h13-15H,3-12H2,1-2H3. The van der Waals surface area contributed by atoms with Crippen LogP contribution in [0, 0.1) is 5.92 Å². The second-order valence-electron chi connectivity index (χ2n) is 5.95. The van der Waals surface area contributed by atoms with Gasteiger partial charge in [-0.25, -0.2) is 8.57 Å². The Balaban J connectivity index is 1.86. The van der Waals surface area contributed by atoms with Crippen LogP contribution >= 0.6 is 0 Å². The third-order valence-corrected chi connectivity index (χ3v) is 6.87. The van der Waals surface area contributed by atoms with Gasteiger partial charge in [-0.3, -0.25) is 0 Å². The molecule has 0 radical (unpaired) electrons. The second kappa shape index (κ2) is 7.04. The van der Waals surface area contributed by atoms with Crippen molar-refractivity contribution in [3.8, 4) is 0 Å². The molecular formula is C14H29N3OS. The molecule has 0 bridgehead atoms. The highest BCUT2D eigenvalue weighted by atomic mass is 32.2. The van der Waals surface area contributed by atoms with Crippen molar-refractivity contribution in [1.82, 2.24) is 10.2 Å². The van der Waals surface area contributed by atoms with Crippen molar-refractivity contribution >= 4 is 9.73 Å². The Labute approximate surface area is 118 Å². The highest BCUT2D eigenvalue weighted by Crippen LogP contribution is 2.27. The number of nitrogens with one attached hydrogen (secondary N) is 1. The van der Waals surface area contributed by atoms with Crippen LogP contribution in [0.15, 0.2) is 4.36 Å². The van der Waals surface area contributed by atoms with Crippen molar-refractivity contribution in [1.29, 1.82) is 0 Å². The van der Waals surface area contributed by atoms with Gasteiger partial charge in [-0.1, -0.05) is 6.92 Å². The summed E-state index contributed by atoms with van der Waals surface area (Å²) in [4.78, 5) is 2.38. The molecular weight excluding hydrogens is 258 g/mol. The van der Waals surface area contributed by atoms with Crippen LogP contribution in [-0.2, 0) is 9.73 Å². The molecule has 0 unspecified atom stereocenters. The molecule has 1 saturated heterocycles. The molecule has 1 heterocycles. The van der Waals surface area contributed by atoms with Crippen molar-refractivity contribution in [2.24, 2.45) is 10.3 Å². The van der Waals surface area contributed by atoms with E-state index in [0.29, 0.717) is 6.04 Å².